The molecule has 5 nitrogen and oxygen atoms in total. The standard InChI is InChI=1S/C14H22FN3O2S/c1-11(2)17-7-12-4-3-5-18(10-12)21(19,20)14-6-13(15)8-16-9-14/h6,8-9,11-12,17H,3-5,7,10H2,1-2H3. The zero-order valence-corrected chi connectivity index (χ0v) is 13.2. The van der Waals surface area contributed by atoms with Crippen LogP contribution in [0.5, 0.6) is 0 Å². The Morgan fingerprint density at radius 3 is 2.90 bits per heavy atom. The molecule has 1 aliphatic heterocycles. The van der Waals surface area contributed by atoms with Gasteiger partial charge in [0.1, 0.15) is 10.7 Å². The van der Waals surface area contributed by atoms with Crippen molar-refractivity contribution in [3.63, 3.8) is 0 Å². The SMILES string of the molecule is CC(C)NCC1CCCN(S(=O)(=O)c2cncc(F)c2)C1. The van der Waals surface area contributed by atoms with Crippen LogP contribution in [0.15, 0.2) is 23.4 Å². The van der Waals surface area contributed by atoms with Crippen molar-refractivity contribution in [2.24, 2.45) is 5.92 Å². The number of halogens is 1. The van der Waals surface area contributed by atoms with Gasteiger partial charge in [-0.3, -0.25) is 4.98 Å². The molecule has 0 spiro atoms. The highest BCUT2D eigenvalue weighted by molar-refractivity contribution is 7.89. The van der Waals surface area contributed by atoms with Crippen molar-refractivity contribution in [1.82, 2.24) is 14.6 Å². The van der Waals surface area contributed by atoms with Gasteiger partial charge in [-0.05, 0) is 31.4 Å². The second-order valence-electron chi connectivity index (χ2n) is 5.77. The molecule has 0 radical (unpaired) electrons. The molecule has 1 N–H and O–H groups in total. The molecule has 1 saturated heterocycles. The maximum absolute atomic E-state index is 13.2. The molecule has 1 unspecified atom stereocenters. The Morgan fingerprint density at radius 2 is 2.24 bits per heavy atom. The van der Waals surface area contributed by atoms with E-state index in [1.165, 1.54) is 10.5 Å². The molecule has 1 aliphatic rings. The van der Waals surface area contributed by atoms with Crippen LogP contribution in [0, 0.1) is 11.7 Å². The molecule has 1 aromatic heterocycles. The Bertz CT molecular complexity index is 577. The number of sulfonamides is 1. The van der Waals surface area contributed by atoms with Crippen molar-refractivity contribution in [2.45, 2.75) is 37.6 Å². The van der Waals surface area contributed by atoms with Crippen LogP contribution in [0.2, 0.25) is 0 Å². The lowest BCUT2D eigenvalue weighted by atomic mass is 9.99. The van der Waals surface area contributed by atoms with Crippen LogP contribution in [-0.4, -0.2) is 43.4 Å². The summed E-state index contributed by atoms with van der Waals surface area (Å²) in [6.07, 6.45) is 4.04. The van der Waals surface area contributed by atoms with Crippen LogP contribution in [0.3, 0.4) is 0 Å². The monoisotopic (exact) mass is 315 g/mol. The number of rotatable bonds is 5. The largest absolute Gasteiger partial charge is 0.314 e. The lowest BCUT2D eigenvalue weighted by molar-refractivity contribution is 0.256. The van der Waals surface area contributed by atoms with Gasteiger partial charge >= 0.3 is 0 Å². The molecule has 1 aromatic rings. The van der Waals surface area contributed by atoms with E-state index in [1.807, 2.05) is 0 Å². The second-order valence-corrected chi connectivity index (χ2v) is 7.71. The van der Waals surface area contributed by atoms with Crippen molar-refractivity contribution in [1.29, 1.82) is 0 Å². The number of aromatic nitrogens is 1. The van der Waals surface area contributed by atoms with Crippen LogP contribution in [-0.2, 0) is 10.0 Å². The maximum atomic E-state index is 13.2. The Labute approximate surface area is 125 Å². The third kappa shape index (κ3) is 4.21. The summed E-state index contributed by atoms with van der Waals surface area (Å²) in [6, 6.07) is 1.41. The van der Waals surface area contributed by atoms with Gasteiger partial charge in [0, 0.05) is 25.3 Å². The fourth-order valence-corrected chi connectivity index (χ4v) is 4.03. The number of piperidine rings is 1. The summed E-state index contributed by atoms with van der Waals surface area (Å²) in [6.45, 7) is 5.88. The Kier molecular flexibility index (Phi) is 5.29. The van der Waals surface area contributed by atoms with E-state index < -0.39 is 15.8 Å². The minimum Gasteiger partial charge on any atom is -0.314 e. The van der Waals surface area contributed by atoms with Gasteiger partial charge in [-0.2, -0.15) is 4.31 Å². The maximum Gasteiger partial charge on any atom is 0.244 e. The molecule has 118 valence electrons. The average molecular weight is 315 g/mol. The van der Waals surface area contributed by atoms with Gasteiger partial charge in [-0.1, -0.05) is 13.8 Å². The Balaban J connectivity index is 2.09. The molecule has 1 fully saturated rings. The normalized spacial score (nSPS) is 20.9. The summed E-state index contributed by atoms with van der Waals surface area (Å²) in [5.74, 6) is -0.344. The van der Waals surface area contributed by atoms with Crippen molar-refractivity contribution < 1.29 is 12.8 Å². The van der Waals surface area contributed by atoms with Gasteiger partial charge in [0.2, 0.25) is 10.0 Å². The summed E-state index contributed by atoms with van der Waals surface area (Å²) in [7, 11) is -3.65. The van der Waals surface area contributed by atoms with Gasteiger partial charge in [0.15, 0.2) is 0 Å². The number of hydrogen-bond acceptors (Lipinski definition) is 4. The van der Waals surface area contributed by atoms with E-state index in [4.69, 9.17) is 0 Å². The predicted molar refractivity (Wildman–Crippen MR) is 78.8 cm³/mol. The molecule has 0 amide bonds. The van der Waals surface area contributed by atoms with E-state index in [0.29, 0.717) is 19.1 Å². The van der Waals surface area contributed by atoms with Crippen LogP contribution in [0.4, 0.5) is 4.39 Å². The zero-order chi connectivity index (χ0) is 15.5. The lowest BCUT2D eigenvalue weighted by Gasteiger charge is -2.32. The average Bonchev–Trinajstić information content (AvgIpc) is 2.45. The molecule has 2 heterocycles. The first kappa shape index (κ1) is 16.3. The first-order valence-corrected chi connectivity index (χ1v) is 8.67. The van der Waals surface area contributed by atoms with Crippen LogP contribution >= 0.6 is 0 Å². The highest BCUT2D eigenvalue weighted by Crippen LogP contribution is 2.23. The van der Waals surface area contributed by atoms with E-state index >= 15 is 0 Å². The highest BCUT2D eigenvalue weighted by atomic mass is 32.2. The Hall–Kier alpha value is -1.05. The summed E-state index contributed by atoms with van der Waals surface area (Å²) < 4.78 is 39.7. The quantitative estimate of drug-likeness (QED) is 0.897. The van der Waals surface area contributed by atoms with E-state index in [-0.39, 0.29) is 10.8 Å². The van der Waals surface area contributed by atoms with Gasteiger partial charge < -0.3 is 5.32 Å². The Morgan fingerprint density at radius 1 is 1.48 bits per heavy atom. The number of nitrogens with zero attached hydrogens (tertiary/aromatic N) is 2. The minimum atomic E-state index is -3.65. The fraction of sp³-hybridized carbons (Fsp3) is 0.643. The molecule has 0 bridgehead atoms. The molecule has 0 aromatic carbocycles. The smallest absolute Gasteiger partial charge is 0.244 e. The highest BCUT2D eigenvalue weighted by Gasteiger charge is 2.30. The molecule has 21 heavy (non-hydrogen) atoms. The molecule has 2 rings (SSSR count). The summed E-state index contributed by atoms with van der Waals surface area (Å²) in [4.78, 5) is 3.56. The van der Waals surface area contributed by atoms with Crippen LogP contribution in [0.1, 0.15) is 26.7 Å². The van der Waals surface area contributed by atoms with Crippen LogP contribution < -0.4 is 5.32 Å². The summed E-state index contributed by atoms with van der Waals surface area (Å²) >= 11 is 0. The van der Waals surface area contributed by atoms with Crippen molar-refractivity contribution in [2.75, 3.05) is 19.6 Å². The van der Waals surface area contributed by atoms with E-state index in [0.717, 1.165) is 31.6 Å². The predicted octanol–water partition coefficient (Wildman–Crippen LogP) is 1.62. The third-order valence-corrected chi connectivity index (χ3v) is 5.44. The van der Waals surface area contributed by atoms with Gasteiger partial charge in [-0.15, -0.1) is 0 Å². The number of pyridine rings is 1. The molecular weight excluding hydrogens is 293 g/mol. The molecular formula is C14H22FN3O2S. The fourth-order valence-electron chi connectivity index (χ4n) is 2.50. The van der Waals surface area contributed by atoms with E-state index in [9.17, 15) is 12.8 Å². The summed E-state index contributed by atoms with van der Waals surface area (Å²) in [5, 5.41) is 3.34. The van der Waals surface area contributed by atoms with Crippen LogP contribution in [0.25, 0.3) is 0 Å². The zero-order valence-electron chi connectivity index (χ0n) is 12.4. The van der Waals surface area contributed by atoms with Crippen molar-refractivity contribution in [3.8, 4) is 0 Å². The number of hydrogen-bond donors (Lipinski definition) is 1. The molecule has 1 atom stereocenters. The molecule has 0 saturated carbocycles. The molecule has 7 heteroatoms. The lowest BCUT2D eigenvalue weighted by Crippen LogP contribution is -2.43. The molecule has 0 aliphatic carbocycles. The first-order chi connectivity index (χ1) is 9.89. The topological polar surface area (TPSA) is 62.3 Å². The second kappa shape index (κ2) is 6.81. The van der Waals surface area contributed by atoms with Gasteiger partial charge in [0.05, 0.1) is 6.20 Å². The third-order valence-electron chi connectivity index (χ3n) is 3.61. The first-order valence-electron chi connectivity index (χ1n) is 7.23. The van der Waals surface area contributed by atoms with Crippen molar-refractivity contribution in [3.05, 3.63) is 24.3 Å². The number of nitrogens with one attached hydrogen (secondary N) is 1. The van der Waals surface area contributed by atoms with Crippen molar-refractivity contribution >= 4 is 10.0 Å². The van der Waals surface area contributed by atoms with Gasteiger partial charge in [0.25, 0.3) is 0 Å². The summed E-state index contributed by atoms with van der Waals surface area (Å²) in [5.41, 5.74) is 0. The minimum absolute atomic E-state index is 0.0695. The van der Waals surface area contributed by atoms with Gasteiger partial charge in [-0.25, -0.2) is 12.8 Å². The van der Waals surface area contributed by atoms with E-state index in [1.54, 1.807) is 0 Å². The van der Waals surface area contributed by atoms with E-state index in [2.05, 4.69) is 24.1 Å².